The SMILES string of the molecule is CCc1ncnc(-c2ccc(C(=O)N3CCN(C)C[C@@H]3C)c(Cl)c2)c1-c1ccc(N)nc1. The smallest absolute Gasteiger partial charge is 0.255 e. The minimum Gasteiger partial charge on any atom is -0.384 e. The van der Waals surface area contributed by atoms with Gasteiger partial charge in [0, 0.05) is 48.6 Å². The Hall–Kier alpha value is -3.03. The number of halogens is 1. The van der Waals surface area contributed by atoms with Crippen LogP contribution in [0.15, 0.2) is 42.9 Å². The van der Waals surface area contributed by atoms with Gasteiger partial charge in [-0.3, -0.25) is 4.79 Å². The highest BCUT2D eigenvalue weighted by atomic mass is 35.5. The first-order valence-corrected chi connectivity index (χ1v) is 11.1. The van der Waals surface area contributed by atoms with Crippen LogP contribution in [0.1, 0.15) is 29.9 Å². The number of nitrogens with zero attached hydrogens (tertiary/aromatic N) is 5. The summed E-state index contributed by atoms with van der Waals surface area (Å²) in [5.41, 5.74) is 10.5. The number of carbonyl (C=O) groups excluding carboxylic acids is 1. The van der Waals surface area contributed by atoms with Gasteiger partial charge in [0.25, 0.3) is 5.91 Å². The molecule has 1 aliphatic rings. The first kappa shape index (κ1) is 22.2. The standard InChI is InChI=1S/C24H27ClN6O/c1-4-20-22(17-6-8-21(26)27-12-17)23(29-14-28-20)16-5-7-18(19(25)11-16)24(32)31-10-9-30(3)13-15(31)2/h5-8,11-12,14-15H,4,9-10,13H2,1-3H3,(H2,26,27)/t15-/m0/s1. The Morgan fingerprint density at radius 1 is 1.16 bits per heavy atom. The predicted molar refractivity (Wildman–Crippen MR) is 127 cm³/mol. The average Bonchev–Trinajstić information content (AvgIpc) is 2.78. The van der Waals surface area contributed by atoms with Gasteiger partial charge in [-0.2, -0.15) is 0 Å². The maximum atomic E-state index is 13.2. The Kier molecular flexibility index (Phi) is 6.39. The van der Waals surface area contributed by atoms with E-state index in [9.17, 15) is 4.79 Å². The molecule has 8 heteroatoms. The van der Waals surface area contributed by atoms with Crippen LogP contribution in [-0.2, 0) is 6.42 Å². The Morgan fingerprint density at radius 3 is 2.59 bits per heavy atom. The lowest BCUT2D eigenvalue weighted by Crippen LogP contribution is -2.52. The van der Waals surface area contributed by atoms with Crippen LogP contribution in [0.3, 0.4) is 0 Å². The van der Waals surface area contributed by atoms with Crippen LogP contribution in [-0.4, -0.2) is 63.4 Å². The number of benzene rings is 1. The third kappa shape index (κ3) is 4.31. The van der Waals surface area contributed by atoms with Crippen LogP contribution in [0.2, 0.25) is 5.02 Å². The van der Waals surface area contributed by atoms with Gasteiger partial charge in [0.05, 0.1) is 22.0 Å². The van der Waals surface area contributed by atoms with E-state index in [2.05, 4.69) is 33.8 Å². The van der Waals surface area contributed by atoms with Crippen LogP contribution < -0.4 is 5.73 Å². The van der Waals surface area contributed by atoms with Crippen molar-refractivity contribution in [2.75, 3.05) is 32.4 Å². The van der Waals surface area contributed by atoms with Crippen molar-refractivity contribution in [3.8, 4) is 22.4 Å². The molecule has 0 aliphatic carbocycles. The van der Waals surface area contributed by atoms with E-state index in [4.69, 9.17) is 17.3 Å². The lowest BCUT2D eigenvalue weighted by Gasteiger charge is -2.38. The van der Waals surface area contributed by atoms with Crippen LogP contribution in [0.5, 0.6) is 0 Å². The number of carbonyl (C=O) groups is 1. The lowest BCUT2D eigenvalue weighted by molar-refractivity contribution is 0.0534. The molecule has 0 radical (unpaired) electrons. The van der Waals surface area contributed by atoms with Gasteiger partial charge in [0.2, 0.25) is 0 Å². The van der Waals surface area contributed by atoms with Crippen molar-refractivity contribution in [2.24, 2.45) is 0 Å². The van der Waals surface area contributed by atoms with E-state index >= 15 is 0 Å². The molecule has 32 heavy (non-hydrogen) atoms. The number of nitrogens with two attached hydrogens (primary N) is 1. The van der Waals surface area contributed by atoms with Crippen molar-refractivity contribution in [2.45, 2.75) is 26.3 Å². The zero-order valence-electron chi connectivity index (χ0n) is 18.5. The number of anilines is 1. The summed E-state index contributed by atoms with van der Waals surface area (Å²) in [6.45, 7) is 6.50. The molecule has 1 amide bonds. The predicted octanol–water partition coefficient (Wildman–Crippen LogP) is 3.78. The summed E-state index contributed by atoms with van der Waals surface area (Å²) in [7, 11) is 2.07. The number of nitrogen functional groups attached to an aromatic ring is 1. The Balaban J connectivity index is 1.72. The molecule has 0 bridgehead atoms. The Morgan fingerprint density at radius 2 is 1.94 bits per heavy atom. The van der Waals surface area contributed by atoms with Gasteiger partial charge in [-0.15, -0.1) is 0 Å². The highest BCUT2D eigenvalue weighted by Gasteiger charge is 2.28. The molecule has 0 saturated carbocycles. The average molecular weight is 451 g/mol. The van der Waals surface area contributed by atoms with Crippen molar-refractivity contribution < 1.29 is 4.79 Å². The molecule has 3 heterocycles. The van der Waals surface area contributed by atoms with Crippen LogP contribution in [0.25, 0.3) is 22.4 Å². The molecule has 1 atom stereocenters. The van der Waals surface area contributed by atoms with E-state index in [1.807, 2.05) is 30.0 Å². The quantitative estimate of drug-likeness (QED) is 0.650. The van der Waals surface area contributed by atoms with E-state index in [0.717, 1.165) is 47.6 Å². The third-order valence-corrected chi connectivity index (χ3v) is 6.21. The van der Waals surface area contributed by atoms with Crippen LogP contribution in [0.4, 0.5) is 5.82 Å². The number of rotatable bonds is 4. The monoisotopic (exact) mass is 450 g/mol. The first-order valence-electron chi connectivity index (χ1n) is 10.7. The van der Waals surface area contributed by atoms with Gasteiger partial charge < -0.3 is 15.5 Å². The minimum atomic E-state index is -0.0398. The van der Waals surface area contributed by atoms with Crippen molar-refractivity contribution in [3.63, 3.8) is 0 Å². The number of aryl methyl sites for hydroxylation is 1. The van der Waals surface area contributed by atoms with Gasteiger partial charge >= 0.3 is 0 Å². The number of amides is 1. The Labute approximate surface area is 193 Å². The first-order chi connectivity index (χ1) is 15.4. The molecule has 2 aromatic heterocycles. The molecular weight excluding hydrogens is 424 g/mol. The number of piperazine rings is 1. The molecule has 0 unspecified atom stereocenters. The summed E-state index contributed by atoms with van der Waals surface area (Å²) >= 11 is 6.63. The number of likely N-dealkylation sites (N-methyl/N-ethyl adjacent to an activating group) is 1. The molecule has 1 fully saturated rings. The fourth-order valence-corrected chi connectivity index (χ4v) is 4.46. The molecule has 0 spiro atoms. The summed E-state index contributed by atoms with van der Waals surface area (Å²) < 4.78 is 0. The number of pyridine rings is 1. The van der Waals surface area contributed by atoms with Crippen molar-refractivity contribution in [3.05, 3.63) is 59.1 Å². The van der Waals surface area contributed by atoms with E-state index in [0.29, 0.717) is 22.9 Å². The van der Waals surface area contributed by atoms with Gasteiger partial charge in [-0.05, 0) is 44.7 Å². The third-order valence-electron chi connectivity index (χ3n) is 5.90. The van der Waals surface area contributed by atoms with E-state index in [1.165, 1.54) is 0 Å². The van der Waals surface area contributed by atoms with E-state index in [-0.39, 0.29) is 11.9 Å². The summed E-state index contributed by atoms with van der Waals surface area (Å²) in [6.07, 6.45) is 4.02. The Bertz CT molecular complexity index is 1130. The maximum absolute atomic E-state index is 13.2. The van der Waals surface area contributed by atoms with Crippen molar-refractivity contribution >= 4 is 23.3 Å². The summed E-state index contributed by atoms with van der Waals surface area (Å²) in [6, 6.07) is 9.32. The summed E-state index contributed by atoms with van der Waals surface area (Å²) in [5.74, 6) is 0.413. The topological polar surface area (TPSA) is 88.2 Å². The zero-order valence-corrected chi connectivity index (χ0v) is 19.3. The second-order valence-corrected chi connectivity index (χ2v) is 8.58. The van der Waals surface area contributed by atoms with E-state index < -0.39 is 0 Å². The van der Waals surface area contributed by atoms with Gasteiger partial charge in [-0.1, -0.05) is 24.6 Å². The molecule has 1 saturated heterocycles. The molecule has 4 rings (SSSR count). The minimum absolute atomic E-state index is 0.0398. The molecule has 1 aliphatic heterocycles. The second kappa shape index (κ2) is 9.22. The largest absolute Gasteiger partial charge is 0.384 e. The number of hydrogen-bond acceptors (Lipinski definition) is 6. The summed E-state index contributed by atoms with van der Waals surface area (Å²) in [4.78, 5) is 30.5. The maximum Gasteiger partial charge on any atom is 0.255 e. The molecule has 1 aromatic carbocycles. The normalized spacial score (nSPS) is 16.9. The fraction of sp³-hybridized carbons (Fsp3) is 0.333. The zero-order chi connectivity index (χ0) is 22.8. The van der Waals surface area contributed by atoms with Gasteiger partial charge in [0.15, 0.2) is 0 Å². The lowest BCUT2D eigenvalue weighted by atomic mass is 9.97. The molecule has 2 N–H and O–H groups in total. The highest BCUT2D eigenvalue weighted by molar-refractivity contribution is 6.34. The van der Waals surface area contributed by atoms with E-state index in [1.54, 1.807) is 24.7 Å². The molecule has 7 nitrogen and oxygen atoms in total. The van der Waals surface area contributed by atoms with Gasteiger partial charge in [0.1, 0.15) is 12.1 Å². The second-order valence-electron chi connectivity index (χ2n) is 8.17. The molecule has 3 aromatic rings. The van der Waals surface area contributed by atoms with Gasteiger partial charge in [-0.25, -0.2) is 15.0 Å². The van der Waals surface area contributed by atoms with Crippen LogP contribution in [0, 0.1) is 0 Å². The van der Waals surface area contributed by atoms with Crippen LogP contribution >= 0.6 is 11.6 Å². The number of hydrogen-bond donors (Lipinski definition) is 1. The van der Waals surface area contributed by atoms with Crippen molar-refractivity contribution in [1.29, 1.82) is 0 Å². The fourth-order valence-electron chi connectivity index (χ4n) is 4.20. The highest BCUT2D eigenvalue weighted by Crippen LogP contribution is 2.34. The molecule has 166 valence electrons. The van der Waals surface area contributed by atoms with Crippen molar-refractivity contribution in [1.82, 2.24) is 24.8 Å². The molecular formula is C24H27ClN6O. The number of aromatic nitrogens is 3. The summed E-state index contributed by atoms with van der Waals surface area (Å²) in [5, 5.41) is 0.414.